The molecule has 5 rings (SSSR count). The van der Waals surface area contributed by atoms with Crippen molar-refractivity contribution >= 4 is 16.9 Å². The lowest BCUT2D eigenvalue weighted by atomic mass is 9.92. The number of aromatic nitrogens is 3. The third kappa shape index (κ3) is 9.44. The Kier molecular flexibility index (Phi) is 11.7. The van der Waals surface area contributed by atoms with Crippen molar-refractivity contribution < 1.29 is 27.0 Å². The molecule has 1 fully saturated rings. The molecule has 1 aliphatic heterocycles. The van der Waals surface area contributed by atoms with Gasteiger partial charge in [-0.2, -0.15) is 4.98 Å². The van der Waals surface area contributed by atoms with Crippen molar-refractivity contribution in [2.75, 3.05) is 26.8 Å². The van der Waals surface area contributed by atoms with E-state index >= 15 is 4.39 Å². The number of amidine groups is 1. The molecule has 4 aromatic rings. The van der Waals surface area contributed by atoms with Gasteiger partial charge in [-0.15, -0.1) is 13.2 Å². The Balaban J connectivity index is 1.37. The number of halogens is 4. The molecule has 3 atom stereocenters. The van der Waals surface area contributed by atoms with Gasteiger partial charge in [-0.1, -0.05) is 18.6 Å². The molecule has 8 N–H and O–H groups in total. The number of hydrogen-bond acceptors (Lipinski definition) is 8. The van der Waals surface area contributed by atoms with E-state index in [4.69, 9.17) is 21.9 Å². The van der Waals surface area contributed by atoms with Gasteiger partial charge < -0.3 is 37.0 Å². The van der Waals surface area contributed by atoms with E-state index in [1.807, 2.05) is 24.3 Å². The Hall–Kier alpha value is -4.31. The Labute approximate surface area is 280 Å². The molecule has 0 radical (unpaired) electrons. The summed E-state index contributed by atoms with van der Waals surface area (Å²) < 4.78 is 65.5. The average Bonchev–Trinajstić information content (AvgIpc) is 3.48. The van der Waals surface area contributed by atoms with Gasteiger partial charge in [-0.05, 0) is 80.0 Å². The van der Waals surface area contributed by atoms with Crippen molar-refractivity contribution in [2.24, 2.45) is 22.2 Å². The van der Waals surface area contributed by atoms with Crippen LogP contribution in [0.4, 0.5) is 17.6 Å². The molecule has 49 heavy (non-hydrogen) atoms. The summed E-state index contributed by atoms with van der Waals surface area (Å²) in [6.07, 6.45) is 1.81. The van der Waals surface area contributed by atoms with Gasteiger partial charge >= 0.3 is 12.1 Å². The molecule has 15 heteroatoms. The largest absolute Gasteiger partial charge is 0.573 e. The van der Waals surface area contributed by atoms with Crippen LogP contribution >= 0.6 is 0 Å². The van der Waals surface area contributed by atoms with E-state index in [1.165, 1.54) is 23.8 Å². The topological polar surface area (TPSA) is 172 Å². The lowest BCUT2D eigenvalue weighted by Gasteiger charge is -2.31. The van der Waals surface area contributed by atoms with E-state index in [2.05, 4.69) is 25.0 Å². The van der Waals surface area contributed by atoms with Gasteiger partial charge in [0.15, 0.2) is 11.6 Å². The lowest BCUT2D eigenvalue weighted by Crippen LogP contribution is -2.37. The van der Waals surface area contributed by atoms with E-state index in [0.717, 1.165) is 37.3 Å². The van der Waals surface area contributed by atoms with Crippen molar-refractivity contribution in [2.45, 2.75) is 69.4 Å². The normalized spacial score (nSPS) is 17.8. The maximum absolute atomic E-state index is 15.5. The van der Waals surface area contributed by atoms with Gasteiger partial charge in [0.05, 0.1) is 24.5 Å². The SMILES string of the molecule is COC[C@H](N)CCCc1cc(OC(F)(F)F)c(F)c(-c2cc3cn(-c4ccc([C@@H]5CCC[C@@H](CCN=C(N)CN)N5)cc4)c(=O)nc3[nH]2)c1. The Bertz CT molecular complexity index is 1810. The van der Waals surface area contributed by atoms with Gasteiger partial charge in [-0.25, -0.2) is 9.18 Å². The molecule has 0 bridgehead atoms. The highest BCUT2D eigenvalue weighted by Gasteiger charge is 2.33. The van der Waals surface area contributed by atoms with E-state index in [1.54, 1.807) is 6.20 Å². The molecule has 1 saturated heterocycles. The number of methoxy groups -OCH3 is 1. The van der Waals surface area contributed by atoms with Crippen LogP contribution in [-0.2, 0) is 11.2 Å². The number of rotatable bonds is 14. The smallest absolute Gasteiger partial charge is 0.403 e. The zero-order valence-corrected chi connectivity index (χ0v) is 27.2. The van der Waals surface area contributed by atoms with Crippen molar-refractivity contribution in [1.82, 2.24) is 19.9 Å². The average molecular weight is 687 g/mol. The summed E-state index contributed by atoms with van der Waals surface area (Å²) in [4.78, 5) is 24.4. The zero-order chi connectivity index (χ0) is 35.1. The van der Waals surface area contributed by atoms with E-state index in [0.29, 0.717) is 60.9 Å². The number of aryl methyl sites for hydroxylation is 1. The van der Waals surface area contributed by atoms with Crippen molar-refractivity contribution in [1.29, 1.82) is 0 Å². The molecule has 0 saturated carbocycles. The van der Waals surface area contributed by atoms with Gasteiger partial charge in [0, 0.05) is 48.9 Å². The van der Waals surface area contributed by atoms with Crippen LogP contribution in [0.15, 0.2) is 58.4 Å². The number of aromatic amines is 1. The first-order valence-corrected chi connectivity index (χ1v) is 16.2. The third-order valence-corrected chi connectivity index (χ3v) is 8.60. The number of hydrogen-bond donors (Lipinski definition) is 5. The quantitative estimate of drug-likeness (QED) is 0.0728. The third-order valence-electron chi connectivity index (χ3n) is 8.60. The van der Waals surface area contributed by atoms with Crippen LogP contribution in [0, 0.1) is 5.82 Å². The minimum Gasteiger partial charge on any atom is -0.403 e. The first-order valence-electron chi connectivity index (χ1n) is 16.2. The molecule has 0 aliphatic carbocycles. The predicted molar refractivity (Wildman–Crippen MR) is 180 cm³/mol. The highest BCUT2D eigenvalue weighted by molar-refractivity contribution is 5.83. The maximum Gasteiger partial charge on any atom is 0.573 e. The zero-order valence-electron chi connectivity index (χ0n) is 27.2. The molecule has 11 nitrogen and oxygen atoms in total. The predicted octanol–water partition coefficient (Wildman–Crippen LogP) is 4.60. The number of aliphatic imine (C=N–C) groups is 1. The number of nitrogens with zero attached hydrogens (tertiary/aromatic N) is 3. The molecule has 3 heterocycles. The van der Waals surface area contributed by atoms with Gasteiger partial charge in [0.1, 0.15) is 11.5 Å². The van der Waals surface area contributed by atoms with Crippen molar-refractivity contribution in [3.8, 4) is 22.7 Å². The Morgan fingerprint density at radius 1 is 1.18 bits per heavy atom. The number of ether oxygens (including phenoxy) is 2. The number of alkyl halides is 3. The maximum atomic E-state index is 15.5. The van der Waals surface area contributed by atoms with Crippen LogP contribution in [0.1, 0.15) is 55.7 Å². The first-order chi connectivity index (χ1) is 23.4. The molecule has 1 aliphatic rings. The lowest BCUT2D eigenvalue weighted by molar-refractivity contribution is -0.275. The summed E-state index contributed by atoms with van der Waals surface area (Å²) in [6.45, 7) is 1.19. The molecule has 264 valence electrons. The van der Waals surface area contributed by atoms with Crippen LogP contribution in [0.5, 0.6) is 5.75 Å². The highest BCUT2D eigenvalue weighted by Crippen LogP contribution is 2.35. The second-order valence-corrected chi connectivity index (χ2v) is 12.3. The molecule has 2 aromatic heterocycles. The van der Waals surface area contributed by atoms with Crippen LogP contribution in [0.2, 0.25) is 0 Å². The number of nitrogens with one attached hydrogen (secondary N) is 2. The summed E-state index contributed by atoms with van der Waals surface area (Å²) in [5.41, 5.74) is 18.9. The van der Waals surface area contributed by atoms with Gasteiger partial charge in [0.25, 0.3) is 0 Å². The number of nitrogens with two attached hydrogens (primary N) is 3. The van der Waals surface area contributed by atoms with Crippen LogP contribution in [0.3, 0.4) is 0 Å². The second-order valence-electron chi connectivity index (χ2n) is 12.3. The molecule has 0 spiro atoms. The summed E-state index contributed by atoms with van der Waals surface area (Å²) in [7, 11) is 1.53. The Morgan fingerprint density at radius 3 is 2.67 bits per heavy atom. The van der Waals surface area contributed by atoms with E-state index < -0.39 is 23.6 Å². The first kappa shape index (κ1) is 36.0. The fraction of sp³-hybridized carbons (Fsp3) is 0.441. The summed E-state index contributed by atoms with van der Waals surface area (Å²) >= 11 is 0. The minimum absolute atomic E-state index is 0.145. The van der Waals surface area contributed by atoms with Gasteiger partial charge in [-0.3, -0.25) is 9.56 Å². The highest BCUT2D eigenvalue weighted by atomic mass is 19.4. The Morgan fingerprint density at radius 2 is 1.96 bits per heavy atom. The van der Waals surface area contributed by atoms with Crippen LogP contribution in [-0.4, -0.2) is 65.6 Å². The fourth-order valence-electron chi connectivity index (χ4n) is 6.19. The molecular formula is C34H42F4N8O3. The summed E-state index contributed by atoms with van der Waals surface area (Å²) in [6, 6.07) is 11.8. The second kappa shape index (κ2) is 15.9. The van der Waals surface area contributed by atoms with Crippen LogP contribution < -0.4 is 32.9 Å². The molecule has 0 unspecified atom stereocenters. The van der Waals surface area contributed by atoms with Crippen LogP contribution in [0.25, 0.3) is 28.0 Å². The molecular weight excluding hydrogens is 644 g/mol. The fourth-order valence-corrected chi connectivity index (χ4v) is 6.19. The summed E-state index contributed by atoms with van der Waals surface area (Å²) in [5.74, 6) is -1.70. The molecule has 0 amide bonds. The summed E-state index contributed by atoms with van der Waals surface area (Å²) in [5, 5.41) is 4.14. The number of benzene rings is 2. The number of piperidine rings is 1. The number of H-pyrrole nitrogens is 1. The van der Waals surface area contributed by atoms with E-state index in [9.17, 15) is 18.0 Å². The van der Waals surface area contributed by atoms with Gasteiger partial charge in [0.2, 0.25) is 0 Å². The number of fused-ring (bicyclic) bond motifs is 1. The molecule has 2 aromatic carbocycles. The van der Waals surface area contributed by atoms with Crippen molar-refractivity contribution in [3.05, 3.63) is 76.1 Å². The van der Waals surface area contributed by atoms with Crippen molar-refractivity contribution in [3.63, 3.8) is 0 Å². The van der Waals surface area contributed by atoms with E-state index in [-0.39, 0.29) is 35.5 Å². The standard InChI is InChI=1S/C34H42F4N8O3/c1-48-19-23(40)5-2-4-20-14-26(31(35)29(15-20)49-34(36,37)38)28-16-22-18-46(33(47)45-32(22)44-28)25-10-8-21(9-11-25)27-7-3-6-24(43-27)12-13-42-30(41)17-39/h8-11,14-16,18,23-24,27,43H,2-7,12-13,17,19,39-40H2,1H3,(H2,41,42)(H,44,45,47)/t23-,24+,27+/m1/s1. The monoisotopic (exact) mass is 686 g/mol. The minimum atomic E-state index is -5.10.